The molecule has 0 aromatic heterocycles. The van der Waals surface area contributed by atoms with Crippen molar-refractivity contribution in [2.75, 3.05) is 35.0 Å². The Morgan fingerprint density at radius 2 is 1.17 bits per heavy atom. The lowest BCUT2D eigenvalue weighted by Gasteiger charge is -2.24. The number of carboxylic acids is 1. The van der Waals surface area contributed by atoms with Crippen molar-refractivity contribution >= 4 is 64.2 Å². The van der Waals surface area contributed by atoms with Gasteiger partial charge in [0.1, 0.15) is 11.8 Å². The second-order valence-electron chi connectivity index (χ2n) is 14.3. The molecule has 0 spiro atoms. The summed E-state index contributed by atoms with van der Waals surface area (Å²) in [5, 5.41) is 33.6. The van der Waals surface area contributed by atoms with Crippen molar-refractivity contribution in [1.82, 2.24) is 5.32 Å². The van der Waals surface area contributed by atoms with Crippen molar-refractivity contribution in [2.24, 2.45) is 5.73 Å². The zero-order valence-electron chi connectivity index (χ0n) is 35.3. The third-order valence-corrected chi connectivity index (χ3v) is 9.29. The van der Waals surface area contributed by atoms with Gasteiger partial charge in [0.2, 0.25) is 11.8 Å². The van der Waals surface area contributed by atoms with Crippen LogP contribution in [0.25, 0.3) is 0 Å². The first-order chi connectivity index (χ1) is 30.5. The minimum absolute atomic E-state index is 0.0169. The van der Waals surface area contributed by atoms with Gasteiger partial charge in [-0.3, -0.25) is 28.8 Å². The minimum Gasteiger partial charge on any atom is -0.504 e. The van der Waals surface area contributed by atoms with Crippen LogP contribution >= 0.6 is 0 Å². The average molecular weight is 875 g/mol. The predicted molar refractivity (Wildman–Crippen MR) is 236 cm³/mol. The first-order valence-electron chi connectivity index (χ1n) is 19.7. The largest absolute Gasteiger partial charge is 0.504 e. The Balaban J connectivity index is 1.27. The number of carbonyl (C=O) groups excluding carboxylic acids is 6. The number of benzene rings is 5. The van der Waals surface area contributed by atoms with Gasteiger partial charge < -0.3 is 56.7 Å². The van der Waals surface area contributed by atoms with Gasteiger partial charge in [0, 0.05) is 35.2 Å². The van der Waals surface area contributed by atoms with E-state index >= 15 is 0 Å². The molecule has 0 bridgehead atoms. The summed E-state index contributed by atoms with van der Waals surface area (Å²) in [6.07, 6.45) is -2.10. The topological polar surface area (TPSA) is 274 Å². The van der Waals surface area contributed by atoms with Crippen molar-refractivity contribution in [3.05, 3.63) is 137 Å². The second kappa shape index (κ2) is 21.0. The lowest BCUT2D eigenvalue weighted by Crippen LogP contribution is -2.56. The number of carboxylic acid groups (broad SMARTS) is 1. The highest BCUT2D eigenvalue weighted by Crippen LogP contribution is 2.39. The predicted octanol–water partition coefficient (Wildman–Crippen LogP) is 5.58. The molecule has 6 amide bonds. The van der Waals surface area contributed by atoms with Crippen LogP contribution in [0.4, 0.5) is 22.7 Å². The van der Waals surface area contributed by atoms with E-state index in [1.54, 1.807) is 45.0 Å². The number of aromatic hydroxyl groups is 1. The van der Waals surface area contributed by atoms with Crippen LogP contribution < -0.4 is 41.8 Å². The van der Waals surface area contributed by atoms with Crippen LogP contribution in [0, 0.1) is 6.92 Å². The highest BCUT2D eigenvalue weighted by Gasteiger charge is 2.34. The molecule has 5 rings (SSSR count). The molecular weight excluding hydrogens is 829 g/mol. The Morgan fingerprint density at radius 3 is 1.72 bits per heavy atom. The maximum absolute atomic E-state index is 13.6. The normalized spacial score (nSPS) is 11.7. The van der Waals surface area contributed by atoms with Crippen LogP contribution in [0.3, 0.4) is 0 Å². The Morgan fingerprint density at radius 1 is 0.656 bits per heavy atom. The second-order valence-corrected chi connectivity index (χ2v) is 14.3. The van der Waals surface area contributed by atoms with E-state index in [0.29, 0.717) is 11.3 Å². The molecule has 18 heteroatoms. The van der Waals surface area contributed by atoms with Crippen molar-refractivity contribution < 1.29 is 58.0 Å². The quantitative estimate of drug-likeness (QED) is 0.0536. The third kappa shape index (κ3) is 11.8. The summed E-state index contributed by atoms with van der Waals surface area (Å²) in [6, 6.07) is 23.2. The van der Waals surface area contributed by atoms with Gasteiger partial charge >= 0.3 is 5.97 Å². The number of primary amides is 1. The van der Waals surface area contributed by atoms with E-state index in [2.05, 4.69) is 26.6 Å². The van der Waals surface area contributed by atoms with E-state index in [1.165, 1.54) is 78.9 Å². The number of rotatable bonds is 18. The molecule has 0 radical (unpaired) electrons. The summed E-state index contributed by atoms with van der Waals surface area (Å²) < 4.78 is 16.5. The van der Waals surface area contributed by atoms with Gasteiger partial charge in [-0.1, -0.05) is 17.7 Å². The number of nitrogens with two attached hydrogens (primary N) is 1. The van der Waals surface area contributed by atoms with E-state index in [9.17, 15) is 43.8 Å². The summed E-state index contributed by atoms with van der Waals surface area (Å²) in [4.78, 5) is 90.1. The number of phenolic OH excluding ortho intramolecular Hbond substituents is 1. The van der Waals surface area contributed by atoms with E-state index in [-0.39, 0.29) is 63.3 Å². The molecular formula is C46H46N6O12. The molecule has 0 saturated carbocycles. The molecule has 18 nitrogen and oxygen atoms in total. The Kier molecular flexibility index (Phi) is 15.4. The number of phenols is 1. The molecule has 332 valence electrons. The first-order valence-corrected chi connectivity index (χ1v) is 19.7. The molecule has 0 aliphatic rings. The van der Waals surface area contributed by atoms with Crippen molar-refractivity contribution in [3.8, 4) is 17.2 Å². The summed E-state index contributed by atoms with van der Waals surface area (Å²) in [7, 11) is 1.14. The number of amides is 6. The average Bonchev–Trinajstić information content (AvgIpc) is 3.25. The highest BCUT2D eigenvalue weighted by atomic mass is 16.5. The zero-order chi connectivity index (χ0) is 46.7. The number of nitrogens with one attached hydrogen (secondary N) is 5. The van der Waals surface area contributed by atoms with Crippen LogP contribution in [-0.2, 0) is 14.3 Å². The molecule has 0 heterocycles. The van der Waals surface area contributed by atoms with Crippen LogP contribution in [0.1, 0.15) is 78.1 Å². The van der Waals surface area contributed by atoms with E-state index in [0.717, 1.165) is 12.7 Å². The molecule has 0 fully saturated rings. The molecule has 64 heavy (non-hydrogen) atoms. The number of aromatic carboxylic acids is 1. The monoisotopic (exact) mass is 874 g/mol. The summed E-state index contributed by atoms with van der Waals surface area (Å²) in [5.74, 6) is -6.35. The zero-order valence-corrected chi connectivity index (χ0v) is 35.3. The SMILES string of the molecule is CCOc1cc(C(=O)O)ccc1NC(=O)c1ccc(NC(=O)c2ccc(NC(=O)C(NC(=O)c3ccc(NC(=O)c4ccc(C)cc4)cc3)C(OC)C(N)=O)cc2)c(OC(C)C)c1O. The maximum Gasteiger partial charge on any atom is 0.335 e. The molecule has 0 aliphatic heterocycles. The number of ether oxygens (including phenoxy) is 3. The summed E-state index contributed by atoms with van der Waals surface area (Å²) in [6.45, 7) is 7.11. The van der Waals surface area contributed by atoms with Crippen molar-refractivity contribution in [2.45, 2.75) is 45.9 Å². The molecule has 2 atom stereocenters. The Bertz CT molecular complexity index is 2560. The van der Waals surface area contributed by atoms with Gasteiger partial charge in [-0.05, 0) is 119 Å². The molecule has 2 unspecified atom stereocenters. The Labute approximate surface area is 367 Å². The first kappa shape index (κ1) is 46.8. The lowest BCUT2D eigenvalue weighted by atomic mass is 10.1. The lowest BCUT2D eigenvalue weighted by molar-refractivity contribution is -0.134. The van der Waals surface area contributed by atoms with Crippen LogP contribution in [0.2, 0.25) is 0 Å². The van der Waals surface area contributed by atoms with Crippen LogP contribution in [-0.4, -0.2) is 83.6 Å². The fourth-order valence-corrected chi connectivity index (χ4v) is 6.08. The van der Waals surface area contributed by atoms with Gasteiger partial charge in [0.25, 0.3) is 23.6 Å². The number of hydrogen-bond acceptors (Lipinski definition) is 11. The fraction of sp³-hybridized carbons (Fsp3) is 0.196. The van der Waals surface area contributed by atoms with E-state index in [1.807, 2.05) is 6.92 Å². The number of aryl methyl sites for hydroxylation is 1. The summed E-state index contributed by atoms with van der Waals surface area (Å²) >= 11 is 0. The van der Waals surface area contributed by atoms with Gasteiger partial charge in [-0.25, -0.2) is 4.79 Å². The van der Waals surface area contributed by atoms with Crippen molar-refractivity contribution in [3.63, 3.8) is 0 Å². The smallest absolute Gasteiger partial charge is 0.335 e. The van der Waals surface area contributed by atoms with Gasteiger partial charge in [0.05, 0.1) is 35.2 Å². The van der Waals surface area contributed by atoms with E-state index < -0.39 is 59.5 Å². The van der Waals surface area contributed by atoms with Gasteiger partial charge in [-0.2, -0.15) is 0 Å². The number of anilines is 4. The number of hydrogen-bond donors (Lipinski definition) is 8. The number of methoxy groups -OCH3 is 1. The summed E-state index contributed by atoms with van der Waals surface area (Å²) in [5.41, 5.74) is 7.59. The fourth-order valence-electron chi connectivity index (χ4n) is 6.08. The standard InChI is InChI=1S/C46H46N6O12/c1-6-63-35-23-29(46(60)61)15-21-33(35)50-44(58)32-20-22-34(38(37(32)53)64-24(2)3)51-42(56)27-11-18-31(19-12-27)49-45(59)36(39(62-5)40(47)54)52-43(57)28-13-16-30(17-14-28)48-41(55)26-9-7-25(4)8-10-26/h7-24,36,39,53H,6H2,1-5H3,(H2,47,54)(H,48,55)(H,49,59)(H,50,58)(H,51,56)(H,52,57)(H,60,61). The maximum atomic E-state index is 13.6. The van der Waals surface area contributed by atoms with Crippen LogP contribution in [0.15, 0.2) is 103 Å². The highest BCUT2D eigenvalue weighted by molar-refractivity contribution is 6.10. The molecule has 9 N–H and O–H groups in total. The minimum atomic E-state index is -1.61. The van der Waals surface area contributed by atoms with E-state index in [4.69, 9.17) is 19.9 Å². The Hall–Kier alpha value is -8.25. The number of carbonyl (C=O) groups is 7. The van der Waals surface area contributed by atoms with Crippen molar-refractivity contribution in [1.29, 1.82) is 0 Å². The molecule has 5 aromatic carbocycles. The van der Waals surface area contributed by atoms with Gasteiger partial charge in [-0.15, -0.1) is 0 Å². The third-order valence-electron chi connectivity index (χ3n) is 9.29. The molecule has 0 aliphatic carbocycles. The molecule has 5 aromatic rings. The van der Waals surface area contributed by atoms with Gasteiger partial charge in [0.15, 0.2) is 17.6 Å². The molecule has 0 saturated heterocycles. The van der Waals surface area contributed by atoms with Crippen LogP contribution in [0.5, 0.6) is 17.2 Å².